The van der Waals surface area contributed by atoms with Gasteiger partial charge in [0, 0.05) is 32.1 Å². The minimum Gasteiger partial charge on any atom is -0.493 e. The highest BCUT2D eigenvalue weighted by molar-refractivity contribution is 6.07. The number of likely N-dealkylation sites (tertiary alicyclic amines) is 1. The molecular formula is C24H26FN3O5. The number of amides is 3. The molecule has 0 bridgehead atoms. The van der Waals surface area contributed by atoms with Gasteiger partial charge in [-0.25, -0.2) is 4.39 Å². The van der Waals surface area contributed by atoms with Crippen molar-refractivity contribution in [3.63, 3.8) is 0 Å². The maximum atomic E-state index is 14.2. The number of halogens is 1. The SMILES string of the molecule is COc1cc(NC(=O)C2CC(=O)N(c3ccccc3F)C2)c(C(=O)N2CCCC2)cc1OC. The Morgan fingerprint density at radius 2 is 1.73 bits per heavy atom. The molecule has 2 aliphatic heterocycles. The van der Waals surface area contributed by atoms with Gasteiger partial charge in [0.25, 0.3) is 5.91 Å². The predicted octanol–water partition coefficient (Wildman–Crippen LogP) is 3.07. The molecule has 8 nitrogen and oxygen atoms in total. The molecule has 4 rings (SSSR count). The molecule has 1 atom stereocenters. The normalized spacial score (nSPS) is 17.9. The zero-order valence-electron chi connectivity index (χ0n) is 18.6. The van der Waals surface area contributed by atoms with Crippen LogP contribution in [0, 0.1) is 11.7 Å². The van der Waals surface area contributed by atoms with E-state index in [-0.39, 0.29) is 41.7 Å². The van der Waals surface area contributed by atoms with Gasteiger partial charge in [0.2, 0.25) is 11.8 Å². The number of benzene rings is 2. The van der Waals surface area contributed by atoms with Gasteiger partial charge in [-0.1, -0.05) is 12.1 Å². The lowest BCUT2D eigenvalue weighted by Crippen LogP contribution is -2.31. The van der Waals surface area contributed by atoms with Gasteiger partial charge in [0.1, 0.15) is 5.82 Å². The summed E-state index contributed by atoms with van der Waals surface area (Å²) in [5.74, 6) is -1.45. The third-order valence-electron chi connectivity index (χ3n) is 6.04. The van der Waals surface area contributed by atoms with Gasteiger partial charge in [0.05, 0.1) is 37.1 Å². The first-order chi connectivity index (χ1) is 15.9. The van der Waals surface area contributed by atoms with Crippen molar-refractivity contribution in [2.75, 3.05) is 44.1 Å². The summed E-state index contributed by atoms with van der Waals surface area (Å²) in [4.78, 5) is 41.8. The van der Waals surface area contributed by atoms with E-state index in [0.717, 1.165) is 12.8 Å². The van der Waals surface area contributed by atoms with Gasteiger partial charge in [0.15, 0.2) is 11.5 Å². The highest BCUT2D eigenvalue weighted by Crippen LogP contribution is 2.35. The summed E-state index contributed by atoms with van der Waals surface area (Å²) in [6.45, 7) is 1.35. The second-order valence-corrected chi connectivity index (χ2v) is 8.10. The van der Waals surface area contributed by atoms with E-state index in [1.165, 1.54) is 31.3 Å². The molecule has 0 aromatic heterocycles. The number of anilines is 2. The quantitative estimate of drug-likeness (QED) is 0.723. The molecule has 0 radical (unpaired) electrons. The third-order valence-corrected chi connectivity index (χ3v) is 6.04. The van der Waals surface area contributed by atoms with Crippen LogP contribution in [0.2, 0.25) is 0 Å². The number of rotatable bonds is 6. The van der Waals surface area contributed by atoms with E-state index in [9.17, 15) is 18.8 Å². The van der Waals surface area contributed by atoms with Crippen molar-refractivity contribution in [3.05, 3.63) is 47.8 Å². The average molecular weight is 455 g/mol. The molecule has 0 aliphatic carbocycles. The summed E-state index contributed by atoms with van der Waals surface area (Å²) in [5, 5.41) is 2.80. The number of nitrogens with one attached hydrogen (secondary N) is 1. The lowest BCUT2D eigenvalue weighted by atomic mass is 10.1. The summed E-state index contributed by atoms with van der Waals surface area (Å²) in [7, 11) is 2.94. The molecule has 2 fully saturated rings. The Labute approximate surface area is 191 Å². The summed E-state index contributed by atoms with van der Waals surface area (Å²) in [5.41, 5.74) is 0.721. The minimum absolute atomic E-state index is 0.0499. The zero-order chi connectivity index (χ0) is 23.5. The molecule has 2 aromatic rings. The Morgan fingerprint density at radius 1 is 1.06 bits per heavy atom. The third kappa shape index (κ3) is 4.48. The van der Waals surface area contributed by atoms with Crippen LogP contribution in [0.15, 0.2) is 36.4 Å². The maximum absolute atomic E-state index is 14.2. The molecule has 9 heteroatoms. The van der Waals surface area contributed by atoms with Crippen LogP contribution < -0.4 is 19.7 Å². The zero-order valence-corrected chi connectivity index (χ0v) is 18.6. The minimum atomic E-state index is -0.694. The molecule has 2 aromatic carbocycles. The fourth-order valence-corrected chi connectivity index (χ4v) is 4.27. The van der Waals surface area contributed by atoms with E-state index < -0.39 is 17.6 Å². The van der Waals surface area contributed by atoms with Crippen LogP contribution in [-0.2, 0) is 9.59 Å². The van der Waals surface area contributed by atoms with E-state index in [0.29, 0.717) is 24.6 Å². The lowest BCUT2D eigenvalue weighted by molar-refractivity contribution is -0.122. The van der Waals surface area contributed by atoms with Gasteiger partial charge in [-0.05, 0) is 31.0 Å². The van der Waals surface area contributed by atoms with Crippen LogP contribution in [-0.4, -0.2) is 56.5 Å². The Morgan fingerprint density at radius 3 is 2.39 bits per heavy atom. The van der Waals surface area contributed by atoms with E-state index >= 15 is 0 Å². The van der Waals surface area contributed by atoms with Crippen LogP contribution >= 0.6 is 0 Å². The van der Waals surface area contributed by atoms with Gasteiger partial charge < -0.3 is 24.6 Å². The van der Waals surface area contributed by atoms with Crippen molar-refractivity contribution < 1.29 is 28.2 Å². The van der Waals surface area contributed by atoms with Gasteiger partial charge in [-0.2, -0.15) is 0 Å². The van der Waals surface area contributed by atoms with Crippen LogP contribution in [0.25, 0.3) is 0 Å². The van der Waals surface area contributed by atoms with E-state index in [1.54, 1.807) is 29.2 Å². The van der Waals surface area contributed by atoms with Crippen molar-refractivity contribution in [1.29, 1.82) is 0 Å². The molecule has 33 heavy (non-hydrogen) atoms. The van der Waals surface area contributed by atoms with Gasteiger partial charge in [-0.15, -0.1) is 0 Å². The molecule has 2 aliphatic rings. The number of carbonyl (C=O) groups is 3. The highest BCUT2D eigenvalue weighted by Gasteiger charge is 2.37. The van der Waals surface area contributed by atoms with Crippen LogP contribution in [0.1, 0.15) is 29.6 Å². The number of para-hydroxylation sites is 1. The van der Waals surface area contributed by atoms with Crippen molar-refractivity contribution in [2.45, 2.75) is 19.3 Å². The van der Waals surface area contributed by atoms with Crippen molar-refractivity contribution in [2.24, 2.45) is 5.92 Å². The Bertz CT molecular complexity index is 1080. The number of hydrogen-bond acceptors (Lipinski definition) is 5. The number of nitrogens with zero attached hydrogens (tertiary/aromatic N) is 2. The largest absolute Gasteiger partial charge is 0.493 e. The summed E-state index contributed by atoms with van der Waals surface area (Å²) >= 11 is 0. The molecule has 2 saturated heterocycles. The smallest absolute Gasteiger partial charge is 0.256 e. The number of carbonyl (C=O) groups excluding carboxylic acids is 3. The Hall–Kier alpha value is -3.62. The summed E-state index contributed by atoms with van der Waals surface area (Å²) in [6.07, 6.45) is 1.80. The molecule has 2 heterocycles. The van der Waals surface area contributed by atoms with Crippen LogP contribution in [0.5, 0.6) is 11.5 Å². The fourth-order valence-electron chi connectivity index (χ4n) is 4.27. The summed E-state index contributed by atoms with van der Waals surface area (Å²) in [6, 6.07) is 9.06. The Kier molecular flexibility index (Phi) is 6.48. The van der Waals surface area contributed by atoms with Crippen molar-refractivity contribution >= 4 is 29.1 Å². The standard InChI is InChI=1S/C24H26FN3O5/c1-32-20-12-16(24(31)27-9-5-6-10-27)18(13-21(20)33-2)26-23(30)15-11-22(29)28(14-15)19-8-4-3-7-17(19)25/h3-4,7-8,12-13,15H,5-6,9-11,14H2,1-2H3,(H,26,30). The second kappa shape index (κ2) is 9.48. The Balaban J connectivity index is 1.58. The molecule has 0 saturated carbocycles. The summed E-state index contributed by atoms with van der Waals surface area (Å²) < 4.78 is 24.9. The number of ether oxygens (including phenoxy) is 2. The van der Waals surface area contributed by atoms with Crippen LogP contribution in [0.3, 0.4) is 0 Å². The topological polar surface area (TPSA) is 88.2 Å². The van der Waals surface area contributed by atoms with E-state index in [4.69, 9.17) is 9.47 Å². The van der Waals surface area contributed by atoms with E-state index in [2.05, 4.69) is 5.32 Å². The number of methoxy groups -OCH3 is 2. The maximum Gasteiger partial charge on any atom is 0.256 e. The predicted molar refractivity (Wildman–Crippen MR) is 120 cm³/mol. The van der Waals surface area contributed by atoms with Crippen molar-refractivity contribution in [1.82, 2.24) is 4.90 Å². The number of hydrogen-bond donors (Lipinski definition) is 1. The molecule has 174 valence electrons. The van der Waals surface area contributed by atoms with Gasteiger partial charge >= 0.3 is 0 Å². The second-order valence-electron chi connectivity index (χ2n) is 8.10. The monoisotopic (exact) mass is 455 g/mol. The molecular weight excluding hydrogens is 429 g/mol. The fraction of sp³-hybridized carbons (Fsp3) is 0.375. The van der Waals surface area contributed by atoms with Crippen molar-refractivity contribution in [3.8, 4) is 11.5 Å². The first-order valence-electron chi connectivity index (χ1n) is 10.8. The average Bonchev–Trinajstić information content (AvgIpc) is 3.49. The molecule has 3 amide bonds. The van der Waals surface area contributed by atoms with Gasteiger partial charge in [-0.3, -0.25) is 14.4 Å². The first kappa shape index (κ1) is 22.6. The van der Waals surface area contributed by atoms with E-state index in [1.807, 2.05) is 0 Å². The first-order valence-corrected chi connectivity index (χ1v) is 10.8. The highest BCUT2D eigenvalue weighted by atomic mass is 19.1. The molecule has 1 N–H and O–H groups in total. The molecule has 1 unspecified atom stereocenters. The van der Waals surface area contributed by atoms with Crippen LogP contribution in [0.4, 0.5) is 15.8 Å². The molecule has 0 spiro atoms. The lowest BCUT2D eigenvalue weighted by Gasteiger charge is -2.21.